The lowest BCUT2D eigenvalue weighted by atomic mass is 9.94. The van der Waals surface area contributed by atoms with Crippen LogP contribution in [0.25, 0.3) is 0 Å². The van der Waals surface area contributed by atoms with Gasteiger partial charge >= 0.3 is 0 Å². The molecule has 0 saturated carbocycles. The van der Waals surface area contributed by atoms with Crippen molar-refractivity contribution in [3.63, 3.8) is 0 Å². The molecule has 0 aromatic carbocycles. The van der Waals surface area contributed by atoms with Crippen LogP contribution in [-0.2, 0) is 4.79 Å². The number of hydrogen-bond donors (Lipinski definition) is 0. The summed E-state index contributed by atoms with van der Waals surface area (Å²) < 4.78 is 0. The minimum Gasteiger partial charge on any atom is -0.357 e. The lowest BCUT2D eigenvalue weighted by Gasteiger charge is -2.33. The Kier molecular flexibility index (Phi) is 5.89. The number of piperidine rings is 1. The number of aromatic nitrogens is 2. The zero-order chi connectivity index (χ0) is 17.8. The molecule has 1 amide bonds. The number of likely N-dealkylation sites (N-methyl/N-ethyl adjacent to an activating group) is 1. The number of carbonyl (C=O) groups excluding carboxylic acids is 1. The van der Waals surface area contributed by atoms with Crippen molar-refractivity contribution in [1.29, 1.82) is 0 Å². The van der Waals surface area contributed by atoms with Gasteiger partial charge in [0.25, 0.3) is 0 Å². The minimum absolute atomic E-state index is 0.208. The maximum absolute atomic E-state index is 12.2. The molecule has 2 aliphatic rings. The third-order valence-corrected chi connectivity index (χ3v) is 5.46. The van der Waals surface area contributed by atoms with E-state index in [1.807, 2.05) is 20.9 Å². The highest BCUT2D eigenvalue weighted by Gasteiger charge is 2.26. The Hall–Kier alpha value is -1.69. The van der Waals surface area contributed by atoms with Gasteiger partial charge < -0.3 is 9.80 Å². The van der Waals surface area contributed by atoms with Gasteiger partial charge in [0.1, 0.15) is 11.6 Å². The minimum atomic E-state index is 0.208. The standard InChI is InChI=1S/C19H31N5O/c1-4-22(3)19(25)14-23-9-7-8-16(13-23)17-12-18(21-15(2)20-17)24-10-5-6-11-24/h12,16H,4-11,13-14H2,1-3H3. The Morgan fingerprint density at radius 1 is 1.24 bits per heavy atom. The first-order valence-electron chi connectivity index (χ1n) is 9.63. The van der Waals surface area contributed by atoms with Crippen LogP contribution >= 0.6 is 0 Å². The van der Waals surface area contributed by atoms with E-state index < -0.39 is 0 Å². The molecular weight excluding hydrogens is 314 g/mol. The van der Waals surface area contributed by atoms with Crippen molar-refractivity contribution in [2.75, 3.05) is 51.2 Å². The van der Waals surface area contributed by atoms with Crippen molar-refractivity contribution >= 4 is 11.7 Å². The van der Waals surface area contributed by atoms with Gasteiger partial charge in [-0.1, -0.05) is 0 Å². The first kappa shape index (κ1) is 18.1. The van der Waals surface area contributed by atoms with Crippen LogP contribution in [0.15, 0.2) is 6.07 Å². The molecule has 25 heavy (non-hydrogen) atoms. The molecule has 2 saturated heterocycles. The van der Waals surface area contributed by atoms with Gasteiger partial charge in [0, 0.05) is 45.2 Å². The molecule has 0 N–H and O–H groups in total. The molecular formula is C19H31N5O. The molecule has 1 unspecified atom stereocenters. The van der Waals surface area contributed by atoms with Crippen LogP contribution in [-0.4, -0.2) is 72.0 Å². The van der Waals surface area contributed by atoms with Crippen LogP contribution in [0.4, 0.5) is 5.82 Å². The van der Waals surface area contributed by atoms with Gasteiger partial charge in [-0.25, -0.2) is 9.97 Å². The van der Waals surface area contributed by atoms with Gasteiger partial charge in [-0.3, -0.25) is 9.69 Å². The fraction of sp³-hybridized carbons (Fsp3) is 0.737. The van der Waals surface area contributed by atoms with Gasteiger partial charge in [-0.2, -0.15) is 0 Å². The summed E-state index contributed by atoms with van der Waals surface area (Å²) in [4.78, 5) is 28.1. The second-order valence-electron chi connectivity index (χ2n) is 7.37. The van der Waals surface area contributed by atoms with Crippen LogP contribution in [0, 0.1) is 6.92 Å². The van der Waals surface area contributed by atoms with E-state index in [1.165, 1.54) is 12.8 Å². The van der Waals surface area contributed by atoms with Crippen LogP contribution in [0.3, 0.4) is 0 Å². The lowest BCUT2D eigenvalue weighted by molar-refractivity contribution is -0.131. The van der Waals surface area contributed by atoms with Gasteiger partial charge in [-0.15, -0.1) is 0 Å². The molecule has 0 spiro atoms. The summed E-state index contributed by atoms with van der Waals surface area (Å²) in [5.41, 5.74) is 1.15. The van der Waals surface area contributed by atoms with E-state index in [1.54, 1.807) is 4.90 Å². The van der Waals surface area contributed by atoms with E-state index in [0.29, 0.717) is 12.5 Å². The largest absolute Gasteiger partial charge is 0.357 e. The highest BCUT2D eigenvalue weighted by molar-refractivity contribution is 5.77. The van der Waals surface area contributed by atoms with E-state index in [0.717, 1.165) is 62.9 Å². The van der Waals surface area contributed by atoms with Gasteiger partial charge in [0.2, 0.25) is 5.91 Å². The maximum Gasteiger partial charge on any atom is 0.236 e. The summed E-state index contributed by atoms with van der Waals surface area (Å²) in [7, 11) is 1.87. The predicted molar refractivity (Wildman–Crippen MR) is 99.9 cm³/mol. The molecule has 2 fully saturated rings. The molecule has 6 heteroatoms. The Labute approximate surface area is 151 Å². The van der Waals surface area contributed by atoms with Gasteiger partial charge in [-0.05, 0) is 46.1 Å². The normalized spacial score (nSPS) is 21.6. The molecule has 6 nitrogen and oxygen atoms in total. The molecule has 0 aliphatic carbocycles. The van der Waals surface area contributed by atoms with Crippen molar-refractivity contribution in [2.45, 2.75) is 45.4 Å². The monoisotopic (exact) mass is 345 g/mol. The Balaban J connectivity index is 1.69. The van der Waals surface area contributed by atoms with Gasteiger partial charge in [0.15, 0.2) is 0 Å². The van der Waals surface area contributed by atoms with Crippen molar-refractivity contribution < 1.29 is 4.79 Å². The molecule has 0 bridgehead atoms. The molecule has 0 radical (unpaired) electrons. The first-order chi connectivity index (χ1) is 12.1. The second kappa shape index (κ2) is 8.13. The lowest BCUT2D eigenvalue weighted by Crippen LogP contribution is -2.42. The fourth-order valence-corrected chi connectivity index (χ4v) is 3.82. The van der Waals surface area contributed by atoms with Crippen molar-refractivity contribution in [3.8, 4) is 0 Å². The van der Waals surface area contributed by atoms with E-state index >= 15 is 0 Å². The fourth-order valence-electron chi connectivity index (χ4n) is 3.82. The highest BCUT2D eigenvalue weighted by atomic mass is 16.2. The molecule has 3 rings (SSSR count). The van der Waals surface area contributed by atoms with Crippen LogP contribution < -0.4 is 4.90 Å². The zero-order valence-corrected chi connectivity index (χ0v) is 15.9. The van der Waals surface area contributed by atoms with Crippen LogP contribution in [0.1, 0.15) is 50.0 Å². The highest BCUT2D eigenvalue weighted by Crippen LogP contribution is 2.28. The summed E-state index contributed by atoms with van der Waals surface area (Å²) >= 11 is 0. The summed E-state index contributed by atoms with van der Waals surface area (Å²) in [5.74, 6) is 2.55. The molecule has 2 aliphatic heterocycles. The Bertz CT molecular complexity index is 599. The summed E-state index contributed by atoms with van der Waals surface area (Å²) in [6.07, 6.45) is 4.77. The van der Waals surface area contributed by atoms with Crippen LogP contribution in [0.5, 0.6) is 0 Å². The number of carbonyl (C=O) groups is 1. The van der Waals surface area contributed by atoms with E-state index in [-0.39, 0.29) is 5.91 Å². The van der Waals surface area contributed by atoms with Crippen molar-refractivity contribution in [2.24, 2.45) is 0 Å². The number of aryl methyl sites for hydroxylation is 1. The van der Waals surface area contributed by atoms with Crippen LogP contribution in [0.2, 0.25) is 0 Å². The molecule has 1 aromatic rings. The smallest absolute Gasteiger partial charge is 0.236 e. The molecule has 138 valence electrons. The maximum atomic E-state index is 12.2. The summed E-state index contributed by atoms with van der Waals surface area (Å²) in [6.45, 7) is 9.41. The summed E-state index contributed by atoms with van der Waals surface area (Å²) in [5, 5.41) is 0. The van der Waals surface area contributed by atoms with Gasteiger partial charge in [0.05, 0.1) is 12.2 Å². The molecule has 1 atom stereocenters. The number of rotatable bonds is 5. The third-order valence-electron chi connectivity index (χ3n) is 5.46. The average molecular weight is 345 g/mol. The Morgan fingerprint density at radius 3 is 2.72 bits per heavy atom. The topological polar surface area (TPSA) is 52.6 Å². The van der Waals surface area contributed by atoms with Crippen molar-refractivity contribution in [1.82, 2.24) is 19.8 Å². The molecule has 1 aromatic heterocycles. The van der Waals surface area contributed by atoms with E-state index in [9.17, 15) is 4.79 Å². The van der Waals surface area contributed by atoms with E-state index in [2.05, 4.69) is 20.9 Å². The average Bonchev–Trinajstić information content (AvgIpc) is 3.15. The van der Waals surface area contributed by atoms with E-state index in [4.69, 9.17) is 4.98 Å². The number of nitrogens with zero attached hydrogens (tertiary/aromatic N) is 5. The SMILES string of the molecule is CCN(C)C(=O)CN1CCCC(c2cc(N3CCCC3)nc(C)n2)C1. The number of amides is 1. The molecule has 3 heterocycles. The third kappa shape index (κ3) is 4.48. The second-order valence-corrected chi connectivity index (χ2v) is 7.37. The quantitative estimate of drug-likeness (QED) is 0.817. The number of hydrogen-bond acceptors (Lipinski definition) is 5. The first-order valence-corrected chi connectivity index (χ1v) is 9.63. The Morgan fingerprint density at radius 2 is 2.00 bits per heavy atom. The zero-order valence-electron chi connectivity index (χ0n) is 15.9. The van der Waals surface area contributed by atoms with Crippen molar-refractivity contribution in [3.05, 3.63) is 17.6 Å². The number of likely N-dealkylation sites (tertiary alicyclic amines) is 1. The predicted octanol–water partition coefficient (Wildman–Crippen LogP) is 2.04. The number of anilines is 1. The summed E-state index contributed by atoms with van der Waals surface area (Å²) in [6, 6.07) is 2.19.